The number of hydrogen-bond acceptors (Lipinski definition) is 3. The summed E-state index contributed by atoms with van der Waals surface area (Å²) >= 11 is 0. The summed E-state index contributed by atoms with van der Waals surface area (Å²) in [6.07, 6.45) is 8.60. The zero-order valence-electron chi connectivity index (χ0n) is 16.5. The van der Waals surface area contributed by atoms with Gasteiger partial charge in [-0.25, -0.2) is 11.6 Å². The van der Waals surface area contributed by atoms with Gasteiger partial charge in [-0.3, -0.25) is 6.08 Å². The molecule has 0 spiro atoms. The van der Waals surface area contributed by atoms with Gasteiger partial charge in [0.25, 0.3) is 0 Å². The molecule has 4 heteroatoms. The Balaban J connectivity index is -0.000000118. The van der Waals surface area contributed by atoms with E-state index in [0.717, 1.165) is 12.8 Å². The second-order valence-corrected chi connectivity index (χ2v) is 7.19. The standard InChI is InChI=1S/C10H15.3C3H7O.Zr/c1-10(2,3)8-9-6-4-5-7-9;3*1-3(2)4;/h4,6H,5,8H2,1-3H3;3*3H,1-2H3;/q4*-1;+4. The van der Waals surface area contributed by atoms with Crippen molar-refractivity contribution in [3.05, 3.63) is 23.8 Å². The van der Waals surface area contributed by atoms with Crippen molar-refractivity contribution in [2.24, 2.45) is 5.41 Å². The van der Waals surface area contributed by atoms with E-state index in [4.69, 9.17) is 0 Å². The van der Waals surface area contributed by atoms with Gasteiger partial charge in [0.15, 0.2) is 0 Å². The molecule has 0 amide bonds. The molecular formula is C19H36O3Zr. The second-order valence-electron chi connectivity index (χ2n) is 7.19. The van der Waals surface area contributed by atoms with Crippen molar-refractivity contribution in [3.63, 3.8) is 0 Å². The average Bonchev–Trinajstić information content (AvgIpc) is 2.63. The van der Waals surface area contributed by atoms with Gasteiger partial charge in [-0.1, -0.05) is 68.7 Å². The predicted molar refractivity (Wildman–Crippen MR) is 90.0 cm³/mol. The van der Waals surface area contributed by atoms with Gasteiger partial charge >= 0.3 is 26.2 Å². The maximum absolute atomic E-state index is 9.53. The van der Waals surface area contributed by atoms with Gasteiger partial charge in [-0.15, -0.1) is 24.7 Å². The van der Waals surface area contributed by atoms with E-state index in [1.165, 1.54) is 5.57 Å². The summed E-state index contributed by atoms with van der Waals surface area (Å²) in [7, 11) is 0. The van der Waals surface area contributed by atoms with E-state index in [0.29, 0.717) is 5.41 Å². The van der Waals surface area contributed by atoms with Gasteiger partial charge in [-0.2, -0.15) is 6.08 Å². The van der Waals surface area contributed by atoms with E-state index in [1.54, 1.807) is 41.5 Å². The van der Waals surface area contributed by atoms with Crippen LogP contribution in [-0.4, -0.2) is 18.3 Å². The van der Waals surface area contributed by atoms with E-state index < -0.39 is 18.3 Å². The summed E-state index contributed by atoms with van der Waals surface area (Å²) in [5.74, 6) is 0. The third-order valence-corrected chi connectivity index (χ3v) is 1.49. The zero-order chi connectivity index (χ0) is 18.3. The Labute approximate surface area is 164 Å². The first-order chi connectivity index (χ1) is 9.77. The van der Waals surface area contributed by atoms with E-state index in [9.17, 15) is 15.3 Å². The van der Waals surface area contributed by atoms with Crippen molar-refractivity contribution in [1.29, 1.82) is 0 Å². The second kappa shape index (κ2) is 18.6. The normalized spacial score (nSPS) is 12.4. The third kappa shape index (κ3) is 60.8. The van der Waals surface area contributed by atoms with Crippen molar-refractivity contribution in [1.82, 2.24) is 0 Å². The first kappa shape index (κ1) is 31.1. The minimum Gasteiger partial charge on any atom is -0.852 e. The first-order valence-corrected chi connectivity index (χ1v) is 8.01. The Morgan fingerprint density at radius 3 is 1.39 bits per heavy atom. The largest absolute Gasteiger partial charge is 4.00 e. The van der Waals surface area contributed by atoms with Crippen molar-refractivity contribution in [3.8, 4) is 0 Å². The number of allylic oxidation sites excluding steroid dienone is 4. The first-order valence-electron chi connectivity index (χ1n) is 8.01. The summed E-state index contributed by atoms with van der Waals surface area (Å²) in [6, 6.07) is 0. The molecule has 0 aliphatic heterocycles. The summed E-state index contributed by atoms with van der Waals surface area (Å²) in [5.41, 5.74) is 1.80. The third-order valence-electron chi connectivity index (χ3n) is 1.49. The van der Waals surface area contributed by atoms with Crippen molar-refractivity contribution in [2.75, 3.05) is 0 Å². The van der Waals surface area contributed by atoms with E-state index in [-0.39, 0.29) is 26.2 Å². The molecule has 1 aliphatic carbocycles. The molecule has 0 heterocycles. The SMILES string of the molecule is CC(C)(C)CC1=[C-]CC=C1.CC(C)[O-].CC(C)[O-].CC(C)[O-].[Zr+4]. The molecular weight excluding hydrogens is 367 g/mol. The van der Waals surface area contributed by atoms with E-state index >= 15 is 0 Å². The molecule has 0 aromatic rings. The maximum Gasteiger partial charge on any atom is 4.00 e. The Morgan fingerprint density at radius 2 is 1.22 bits per heavy atom. The van der Waals surface area contributed by atoms with Crippen LogP contribution in [-0.2, 0) is 26.2 Å². The molecule has 134 valence electrons. The van der Waals surface area contributed by atoms with Gasteiger partial charge in [0, 0.05) is 0 Å². The zero-order valence-corrected chi connectivity index (χ0v) is 19.0. The molecule has 0 unspecified atom stereocenters. The predicted octanol–water partition coefficient (Wildman–Crippen LogP) is 2.37. The molecule has 0 aromatic carbocycles. The summed E-state index contributed by atoms with van der Waals surface area (Å²) in [5, 5.41) is 28.6. The fourth-order valence-electron chi connectivity index (χ4n) is 1.14. The molecule has 23 heavy (non-hydrogen) atoms. The molecule has 0 saturated heterocycles. The van der Waals surface area contributed by atoms with Crippen LogP contribution in [0.15, 0.2) is 17.7 Å². The molecule has 3 nitrogen and oxygen atoms in total. The van der Waals surface area contributed by atoms with Crippen LogP contribution < -0.4 is 15.3 Å². The molecule has 0 saturated carbocycles. The average molecular weight is 404 g/mol. The maximum atomic E-state index is 9.53. The van der Waals surface area contributed by atoms with E-state index in [2.05, 4.69) is 39.0 Å². The Kier molecular flexibility index (Phi) is 25.1. The van der Waals surface area contributed by atoms with Crippen molar-refractivity contribution >= 4 is 0 Å². The fraction of sp³-hybridized carbons (Fsp3) is 0.789. The Bertz CT molecular complexity index is 265. The topological polar surface area (TPSA) is 69.2 Å². The smallest absolute Gasteiger partial charge is 0.852 e. The monoisotopic (exact) mass is 402 g/mol. The molecule has 0 fully saturated rings. The molecule has 0 radical (unpaired) electrons. The molecule has 0 aromatic heterocycles. The van der Waals surface area contributed by atoms with Crippen LogP contribution in [0.5, 0.6) is 0 Å². The van der Waals surface area contributed by atoms with Crippen LogP contribution in [0.25, 0.3) is 0 Å². The van der Waals surface area contributed by atoms with Crippen LogP contribution in [0, 0.1) is 11.5 Å². The van der Waals surface area contributed by atoms with Gasteiger partial charge in [0.2, 0.25) is 0 Å². The quantitative estimate of drug-likeness (QED) is 0.631. The van der Waals surface area contributed by atoms with Crippen molar-refractivity contribution < 1.29 is 41.5 Å². The van der Waals surface area contributed by atoms with Gasteiger partial charge in [0.1, 0.15) is 0 Å². The van der Waals surface area contributed by atoms with Crippen LogP contribution >= 0.6 is 0 Å². The van der Waals surface area contributed by atoms with Crippen LogP contribution in [0.4, 0.5) is 0 Å². The fourth-order valence-corrected chi connectivity index (χ4v) is 1.14. The Morgan fingerprint density at radius 1 is 0.913 bits per heavy atom. The van der Waals surface area contributed by atoms with Crippen LogP contribution in [0.1, 0.15) is 75.2 Å². The molecule has 0 atom stereocenters. The summed E-state index contributed by atoms with van der Waals surface area (Å²) in [6.45, 7) is 16.4. The van der Waals surface area contributed by atoms with Gasteiger partial charge in [0.05, 0.1) is 0 Å². The molecule has 1 rings (SSSR count). The molecule has 0 N–H and O–H groups in total. The van der Waals surface area contributed by atoms with Crippen molar-refractivity contribution in [2.45, 2.75) is 93.5 Å². The number of rotatable bonds is 1. The number of hydrogen-bond donors (Lipinski definition) is 0. The van der Waals surface area contributed by atoms with Crippen LogP contribution in [0.3, 0.4) is 0 Å². The summed E-state index contributed by atoms with van der Waals surface area (Å²) in [4.78, 5) is 0. The van der Waals surface area contributed by atoms with E-state index in [1.807, 2.05) is 0 Å². The minimum absolute atomic E-state index is 0. The molecule has 0 bridgehead atoms. The minimum atomic E-state index is -0.417. The van der Waals surface area contributed by atoms with Gasteiger partial charge < -0.3 is 15.3 Å². The summed E-state index contributed by atoms with van der Waals surface area (Å²) < 4.78 is 0. The molecule has 1 aliphatic rings. The van der Waals surface area contributed by atoms with Crippen LogP contribution in [0.2, 0.25) is 0 Å². The Hall–Kier alpha value is 0.243. The van der Waals surface area contributed by atoms with Gasteiger partial charge in [-0.05, 0) is 5.41 Å².